The highest BCUT2D eigenvalue weighted by molar-refractivity contribution is 6.88. The molecule has 1 heterocycles. The first-order valence-corrected chi connectivity index (χ1v) is 10.6. The van der Waals surface area contributed by atoms with Gasteiger partial charge in [0.05, 0.1) is 0 Å². The predicted octanol–water partition coefficient (Wildman–Crippen LogP) is 5.25. The molecule has 0 spiro atoms. The summed E-state index contributed by atoms with van der Waals surface area (Å²) in [4.78, 5) is 0. The molecule has 1 saturated heterocycles. The van der Waals surface area contributed by atoms with E-state index in [4.69, 9.17) is 4.43 Å². The molecule has 1 aliphatic heterocycles. The molecule has 0 bridgehead atoms. The molecule has 2 rings (SSSR count). The summed E-state index contributed by atoms with van der Waals surface area (Å²) in [5.41, 5.74) is 1.07. The third-order valence-electron chi connectivity index (χ3n) is 4.37. The Hall–Kier alpha value is -0.603. The molecule has 1 aromatic carbocycles. The summed E-state index contributed by atoms with van der Waals surface area (Å²) in [5, 5.41) is 1.51. The minimum absolute atomic E-state index is 0.0530. The standard InChI is InChI=1S/C19H32OSi/c1-18(2,3)15-17-13-10-14-21(17,20-19(4,5)6)16-11-8-7-9-12-16/h7-9,11-12,17H,10,13-15H2,1-6H3/t17-,21?/m1/s1. The van der Waals surface area contributed by atoms with Crippen molar-refractivity contribution >= 4 is 13.5 Å². The Morgan fingerprint density at radius 3 is 2.19 bits per heavy atom. The van der Waals surface area contributed by atoms with E-state index in [9.17, 15) is 0 Å². The van der Waals surface area contributed by atoms with E-state index < -0.39 is 8.32 Å². The van der Waals surface area contributed by atoms with Crippen molar-refractivity contribution in [3.63, 3.8) is 0 Å². The van der Waals surface area contributed by atoms with Gasteiger partial charge < -0.3 is 4.43 Å². The zero-order valence-electron chi connectivity index (χ0n) is 14.7. The van der Waals surface area contributed by atoms with Crippen LogP contribution < -0.4 is 5.19 Å². The van der Waals surface area contributed by atoms with Crippen LogP contribution in [-0.4, -0.2) is 13.9 Å². The van der Waals surface area contributed by atoms with Crippen molar-refractivity contribution < 1.29 is 4.43 Å². The van der Waals surface area contributed by atoms with E-state index in [2.05, 4.69) is 71.9 Å². The van der Waals surface area contributed by atoms with Crippen molar-refractivity contribution in [3.05, 3.63) is 30.3 Å². The van der Waals surface area contributed by atoms with E-state index in [0.29, 0.717) is 5.41 Å². The van der Waals surface area contributed by atoms with Crippen molar-refractivity contribution in [2.24, 2.45) is 5.41 Å². The van der Waals surface area contributed by atoms with Gasteiger partial charge in [-0.25, -0.2) is 0 Å². The Balaban J connectivity index is 2.40. The summed E-state index contributed by atoms with van der Waals surface area (Å²) in [6, 6.07) is 12.4. The maximum Gasteiger partial charge on any atom is 0.227 e. The van der Waals surface area contributed by atoms with Gasteiger partial charge in [0.2, 0.25) is 8.32 Å². The second-order valence-electron chi connectivity index (χ2n) is 8.82. The summed E-state index contributed by atoms with van der Waals surface area (Å²) in [6.45, 7) is 13.8. The quantitative estimate of drug-likeness (QED) is 0.693. The molecular weight excluding hydrogens is 272 g/mol. The number of rotatable bonds is 3. The van der Waals surface area contributed by atoms with Gasteiger partial charge in [0.1, 0.15) is 0 Å². The zero-order valence-corrected chi connectivity index (χ0v) is 15.7. The maximum atomic E-state index is 6.87. The second kappa shape index (κ2) is 5.89. The van der Waals surface area contributed by atoms with Crippen LogP contribution in [0.3, 0.4) is 0 Å². The molecule has 0 radical (unpaired) electrons. The van der Waals surface area contributed by atoms with Crippen LogP contribution in [0.5, 0.6) is 0 Å². The molecule has 0 N–H and O–H groups in total. The molecule has 0 aromatic heterocycles. The third kappa shape index (κ3) is 4.20. The van der Waals surface area contributed by atoms with E-state index in [1.165, 1.54) is 30.5 Å². The molecule has 0 amide bonds. The van der Waals surface area contributed by atoms with E-state index in [-0.39, 0.29) is 5.60 Å². The topological polar surface area (TPSA) is 9.23 Å². The van der Waals surface area contributed by atoms with Gasteiger partial charge >= 0.3 is 0 Å². The Kier molecular flexibility index (Phi) is 4.70. The summed E-state index contributed by atoms with van der Waals surface area (Å²) in [6.07, 6.45) is 3.95. The lowest BCUT2D eigenvalue weighted by molar-refractivity contribution is 0.117. The predicted molar refractivity (Wildman–Crippen MR) is 94.5 cm³/mol. The normalized spacial score (nSPS) is 27.0. The van der Waals surface area contributed by atoms with Gasteiger partial charge in [0.25, 0.3) is 0 Å². The van der Waals surface area contributed by atoms with Crippen LogP contribution in [0, 0.1) is 5.41 Å². The lowest BCUT2D eigenvalue weighted by Gasteiger charge is -2.41. The molecule has 2 atom stereocenters. The van der Waals surface area contributed by atoms with E-state index in [1.807, 2.05) is 0 Å². The Morgan fingerprint density at radius 2 is 1.67 bits per heavy atom. The molecule has 1 fully saturated rings. The van der Waals surface area contributed by atoms with Crippen LogP contribution in [-0.2, 0) is 4.43 Å². The van der Waals surface area contributed by atoms with Gasteiger partial charge in [0, 0.05) is 5.60 Å². The number of benzene rings is 1. The molecule has 21 heavy (non-hydrogen) atoms. The lowest BCUT2D eigenvalue weighted by Crippen LogP contribution is -2.56. The van der Waals surface area contributed by atoms with Crippen molar-refractivity contribution in [1.82, 2.24) is 0 Å². The first kappa shape index (κ1) is 16.8. The minimum Gasteiger partial charge on any atom is -0.407 e. The highest BCUT2D eigenvalue weighted by Crippen LogP contribution is 2.47. The molecule has 1 aliphatic rings. The fourth-order valence-electron chi connectivity index (χ4n) is 3.89. The molecule has 118 valence electrons. The zero-order chi connectivity index (χ0) is 15.7. The SMILES string of the molecule is CC(C)(C)C[C@H]1CCC[Si]1(OC(C)(C)C)c1ccccc1. The smallest absolute Gasteiger partial charge is 0.227 e. The monoisotopic (exact) mass is 304 g/mol. The molecule has 1 unspecified atom stereocenters. The highest BCUT2D eigenvalue weighted by Gasteiger charge is 2.51. The van der Waals surface area contributed by atoms with Crippen molar-refractivity contribution in [1.29, 1.82) is 0 Å². The summed E-state index contributed by atoms with van der Waals surface area (Å²) in [5.74, 6) is 0. The molecular formula is C19H32OSi. The third-order valence-corrected chi connectivity index (χ3v) is 9.57. The Labute approximate surface area is 132 Å². The lowest BCUT2D eigenvalue weighted by atomic mass is 9.89. The molecule has 2 heteroatoms. The largest absolute Gasteiger partial charge is 0.407 e. The average molecular weight is 305 g/mol. The van der Waals surface area contributed by atoms with Crippen molar-refractivity contribution in [2.75, 3.05) is 0 Å². The average Bonchev–Trinajstić information content (AvgIpc) is 2.70. The van der Waals surface area contributed by atoms with Gasteiger partial charge in [-0.1, -0.05) is 63.9 Å². The van der Waals surface area contributed by atoms with Crippen molar-refractivity contribution in [2.45, 2.75) is 78.0 Å². The first-order chi connectivity index (χ1) is 9.62. The van der Waals surface area contributed by atoms with Gasteiger partial charge in [-0.3, -0.25) is 0 Å². The molecule has 1 aromatic rings. The molecule has 0 saturated carbocycles. The maximum absolute atomic E-state index is 6.87. The van der Waals surface area contributed by atoms with Gasteiger partial charge in [0.15, 0.2) is 0 Å². The van der Waals surface area contributed by atoms with Crippen LogP contribution in [0.1, 0.15) is 60.8 Å². The Bertz CT molecular complexity index is 455. The van der Waals surface area contributed by atoms with Gasteiger partial charge in [-0.05, 0) is 49.4 Å². The summed E-state index contributed by atoms with van der Waals surface area (Å²) >= 11 is 0. The first-order valence-electron chi connectivity index (χ1n) is 8.38. The Morgan fingerprint density at radius 1 is 1.05 bits per heavy atom. The van der Waals surface area contributed by atoms with Crippen LogP contribution in [0.15, 0.2) is 30.3 Å². The number of hydrogen-bond donors (Lipinski definition) is 0. The molecule has 1 nitrogen and oxygen atoms in total. The van der Waals surface area contributed by atoms with Crippen LogP contribution in [0.2, 0.25) is 11.6 Å². The fraction of sp³-hybridized carbons (Fsp3) is 0.684. The number of hydrogen-bond acceptors (Lipinski definition) is 1. The van der Waals surface area contributed by atoms with Crippen LogP contribution in [0.4, 0.5) is 0 Å². The van der Waals surface area contributed by atoms with Gasteiger partial charge in [-0.15, -0.1) is 0 Å². The van der Waals surface area contributed by atoms with Crippen molar-refractivity contribution in [3.8, 4) is 0 Å². The summed E-state index contributed by atoms with van der Waals surface area (Å²) in [7, 11) is -1.88. The van der Waals surface area contributed by atoms with Crippen LogP contribution in [0.25, 0.3) is 0 Å². The van der Waals surface area contributed by atoms with E-state index in [1.54, 1.807) is 0 Å². The van der Waals surface area contributed by atoms with E-state index in [0.717, 1.165) is 5.54 Å². The fourth-order valence-corrected chi connectivity index (χ4v) is 9.64. The van der Waals surface area contributed by atoms with Crippen LogP contribution >= 0.6 is 0 Å². The van der Waals surface area contributed by atoms with E-state index >= 15 is 0 Å². The minimum atomic E-state index is -1.88. The highest BCUT2D eigenvalue weighted by atomic mass is 28.4. The second-order valence-corrected chi connectivity index (χ2v) is 12.7. The van der Waals surface area contributed by atoms with Gasteiger partial charge in [-0.2, -0.15) is 0 Å². The molecule has 0 aliphatic carbocycles. The summed E-state index contributed by atoms with van der Waals surface area (Å²) < 4.78 is 6.87.